The fraction of sp³-hybridized carbons (Fsp3) is 0.100. The Balaban J connectivity index is 2.47. The van der Waals surface area contributed by atoms with E-state index in [-0.39, 0.29) is 5.82 Å². The van der Waals surface area contributed by atoms with Gasteiger partial charge in [-0.25, -0.2) is 9.07 Å². The Morgan fingerprint density at radius 1 is 1.43 bits per heavy atom. The number of hydrogen-bond acceptors (Lipinski definition) is 1. The Labute approximate surface area is 82.8 Å². The third-order valence-corrected chi connectivity index (χ3v) is 2.01. The second kappa shape index (κ2) is 3.29. The predicted octanol–water partition coefficient (Wildman–Crippen LogP) is 1.11. The maximum Gasteiger partial charge on any atom is 0.126 e. The summed E-state index contributed by atoms with van der Waals surface area (Å²) in [5, 5.41) is 4.03. The van der Waals surface area contributed by atoms with Crippen LogP contribution in [0.3, 0.4) is 0 Å². The third kappa shape index (κ3) is 1.55. The van der Waals surface area contributed by atoms with E-state index in [0.29, 0.717) is 11.0 Å². The first-order chi connectivity index (χ1) is 6.66. The lowest BCUT2D eigenvalue weighted by atomic mass is 10.0. The van der Waals surface area contributed by atoms with Gasteiger partial charge in [-0.15, -0.1) is 0 Å². The van der Waals surface area contributed by atoms with E-state index in [1.54, 1.807) is 36.1 Å². The molecule has 0 saturated carbocycles. The summed E-state index contributed by atoms with van der Waals surface area (Å²) >= 11 is 0. The van der Waals surface area contributed by atoms with Gasteiger partial charge < -0.3 is 0 Å². The summed E-state index contributed by atoms with van der Waals surface area (Å²) in [6.07, 6.45) is 3.24. The van der Waals surface area contributed by atoms with Crippen molar-refractivity contribution in [1.82, 2.24) is 9.78 Å². The molecule has 0 aliphatic carbocycles. The van der Waals surface area contributed by atoms with Crippen molar-refractivity contribution >= 4 is 13.3 Å². The van der Waals surface area contributed by atoms with Gasteiger partial charge >= 0.3 is 0 Å². The quantitative estimate of drug-likeness (QED) is 0.610. The van der Waals surface area contributed by atoms with Crippen LogP contribution in [0, 0.1) is 12.7 Å². The molecular weight excluding hydrogens is 178 g/mol. The highest BCUT2D eigenvalue weighted by Crippen LogP contribution is 2.11. The van der Waals surface area contributed by atoms with Crippen molar-refractivity contribution in [3.05, 3.63) is 42.0 Å². The molecule has 4 heteroatoms. The minimum atomic E-state index is -0.214. The van der Waals surface area contributed by atoms with E-state index in [2.05, 4.69) is 5.10 Å². The van der Waals surface area contributed by atoms with E-state index < -0.39 is 0 Å². The molecule has 0 N–H and O–H groups in total. The van der Waals surface area contributed by atoms with E-state index in [1.807, 2.05) is 0 Å². The molecule has 0 saturated heterocycles. The van der Waals surface area contributed by atoms with Crippen LogP contribution in [0.2, 0.25) is 0 Å². The van der Waals surface area contributed by atoms with Gasteiger partial charge in [0.15, 0.2) is 0 Å². The number of rotatable bonds is 1. The Bertz CT molecular complexity index is 465. The lowest BCUT2D eigenvalue weighted by Gasteiger charge is -2.02. The van der Waals surface area contributed by atoms with Crippen molar-refractivity contribution in [3.8, 4) is 5.69 Å². The van der Waals surface area contributed by atoms with Crippen LogP contribution in [0.1, 0.15) is 5.56 Å². The number of hydrogen-bond donors (Lipinski definition) is 0. The minimum Gasteiger partial charge on any atom is -0.242 e. The van der Waals surface area contributed by atoms with E-state index in [0.717, 1.165) is 5.69 Å². The number of benzene rings is 1. The molecule has 0 bridgehead atoms. The van der Waals surface area contributed by atoms with Gasteiger partial charge in [0.2, 0.25) is 0 Å². The second-order valence-electron chi connectivity index (χ2n) is 3.15. The highest BCUT2D eigenvalue weighted by Gasteiger charge is 2.01. The van der Waals surface area contributed by atoms with Crippen molar-refractivity contribution in [1.29, 1.82) is 0 Å². The van der Waals surface area contributed by atoms with E-state index in [9.17, 15) is 4.39 Å². The van der Waals surface area contributed by atoms with Gasteiger partial charge in [-0.2, -0.15) is 5.10 Å². The van der Waals surface area contributed by atoms with Gasteiger partial charge in [0.1, 0.15) is 13.7 Å². The molecule has 14 heavy (non-hydrogen) atoms. The van der Waals surface area contributed by atoms with Crippen LogP contribution in [0.25, 0.3) is 5.69 Å². The molecule has 2 rings (SSSR count). The topological polar surface area (TPSA) is 17.8 Å². The number of aromatic nitrogens is 2. The van der Waals surface area contributed by atoms with Crippen molar-refractivity contribution < 1.29 is 4.39 Å². The molecule has 0 amide bonds. The average Bonchev–Trinajstić information content (AvgIpc) is 2.57. The van der Waals surface area contributed by atoms with Gasteiger partial charge in [-0.1, -0.05) is 5.46 Å². The zero-order valence-corrected chi connectivity index (χ0v) is 7.74. The standard InChI is InChI=1S/C10H8BFN2/c1-7-4-9(2-3-10(7)12)14-6-8(11)5-13-14/h2-6H,1H3. The van der Waals surface area contributed by atoms with Gasteiger partial charge in [0.25, 0.3) is 0 Å². The molecule has 0 fully saturated rings. The molecule has 1 aromatic heterocycles. The van der Waals surface area contributed by atoms with Gasteiger partial charge in [-0.3, -0.25) is 0 Å². The summed E-state index contributed by atoms with van der Waals surface area (Å²) in [5.74, 6) is -0.214. The van der Waals surface area contributed by atoms with E-state index in [4.69, 9.17) is 7.85 Å². The Kier molecular flexibility index (Phi) is 2.12. The molecule has 1 heterocycles. The maximum atomic E-state index is 13.0. The molecule has 0 unspecified atom stereocenters. The maximum absolute atomic E-state index is 13.0. The van der Waals surface area contributed by atoms with Crippen LogP contribution in [-0.2, 0) is 0 Å². The van der Waals surface area contributed by atoms with Crippen LogP contribution in [0.5, 0.6) is 0 Å². The molecule has 2 nitrogen and oxygen atoms in total. The van der Waals surface area contributed by atoms with E-state index in [1.165, 1.54) is 6.07 Å². The molecule has 2 aromatic rings. The zero-order valence-electron chi connectivity index (χ0n) is 7.74. The number of halogens is 1. The SMILES string of the molecule is [B]c1cnn(-c2ccc(F)c(C)c2)c1. The second-order valence-corrected chi connectivity index (χ2v) is 3.15. The normalized spacial score (nSPS) is 10.4. The molecule has 0 aliphatic heterocycles. The largest absolute Gasteiger partial charge is 0.242 e. The fourth-order valence-electron chi connectivity index (χ4n) is 1.25. The summed E-state index contributed by atoms with van der Waals surface area (Å²) in [4.78, 5) is 0. The molecule has 2 radical (unpaired) electrons. The highest BCUT2D eigenvalue weighted by molar-refractivity contribution is 6.31. The zero-order chi connectivity index (χ0) is 10.1. The summed E-state index contributed by atoms with van der Waals surface area (Å²) in [7, 11) is 5.53. The highest BCUT2D eigenvalue weighted by atomic mass is 19.1. The molecular formula is C10H8BFN2. The van der Waals surface area contributed by atoms with Crippen LogP contribution >= 0.6 is 0 Å². The Morgan fingerprint density at radius 2 is 2.21 bits per heavy atom. The van der Waals surface area contributed by atoms with Crippen LogP contribution in [-0.4, -0.2) is 17.6 Å². The van der Waals surface area contributed by atoms with Crippen LogP contribution in [0.15, 0.2) is 30.6 Å². The van der Waals surface area contributed by atoms with Crippen molar-refractivity contribution in [2.75, 3.05) is 0 Å². The monoisotopic (exact) mass is 186 g/mol. The first kappa shape index (κ1) is 9.00. The molecule has 68 valence electrons. The predicted molar refractivity (Wildman–Crippen MR) is 53.6 cm³/mol. The minimum absolute atomic E-state index is 0.214. The summed E-state index contributed by atoms with van der Waals surface area (Å²) in [6, 6.07) is 4.80. The summed E-state index contributed by atoms with van der Waals surface area (Å²) in [6.45, 7) is 1.71. The fourth-order valence-corrected chi connectivity index (χ4v) is 1.25. The summed E-state index contributed by atoms with van der Waals surface area (Å²) in [5.41, 5.74) is 1.99. The lowest BCUT2D eigenvalue weighted by molar-refractivity contribution is 0.617. The first-order valence-corrected chi connectivity index (χ1v) is 4.23. The average molecular weight is 186 g/mol. The molecule has 0 aliphatic rings. The Hall–Kier alpha value is -1.58. The van der Waals surface area contributed by atoms with Gasteiger partial charge in [0, 0.05) is 12.4 Å². The molecule has 0 spiro atoms. The van der Waals surface area contributed by atoms with Gasteiger partial charge in [-0.05, 0) is 30.7 Å². The van der Waals surface area contributed by atoms with Crippen molar-refractivity contribution in [2.45, 2.75) is 6.92 Å². The van der Waals surface area contributed by atoms with E-state index >= 15 is 0 Å². The smallest absolute Gasteiger partial charge is 0.126 e. The lowest BCUT2D eigenvalue weighted by Crippen LogP contribution is -1.99. The molecule has 0 atom stereocenters. The first-order valence-electron chi connectivity index (χ1n) is 4.23. The van der Waals surface area contributed by atoms with Crippen molar-refractivity contribution in [3.63, 3.8) is 0 Å². The molecule has 1 aromatic carbocycles. The number of aryl methyl sites for hydroxylation is 1. The van der Waals surface area contributed by atoms with Gasteiger partial charge in [0.05, 0.1) is 5.69 Å². The number of nitrogens with zero attached hydrogens (tertiary/aromatic N) is 2. The van der Waals surface area contributed by atoms with Crippen LogP contribution in [0.4, 0.5) is 4.39 Å². The summed E-state index contributed by atoms with van der Waals surface area (Å²) < 4.78 is 14.6. The van der Waals surface area contributed by atoms with Crippen molar-refractivity contribution in [2.24, 2.45) is 0 Å². The Morgan fingerprint density at radius 3 is 2.79 bits per heavy atom. The third-order valence-electron chi connectivity index (χ3n) is 2.01. The van der Waals surface area contributed by atoms with Crippen LogP contribution < -0.4 is 5.46 Å².